The summed E-state index contributed by atoms with van der Waals surface area (Å²) in [4.78, 5) is 13.6. The van der Waals surface area contributed by atoms with Gasteiger partial charge < -0.3 is 19.9 Å². The number of nitriles is 1. The Hall–Kier alpha value is -3.56. The van der Waals surface area contributed by atoms with Gasteiger partial charge in [0.25, 0.3) is 5.91 Å². The van der Waals surface area contributed by atoms with Crippen LogP contribution in [-0.4, -0.2) is 41.7 Å². The zero-order valence-corrected chi connectivity index (χ0v) is 19.4. The Morgan fingerprint density at radius 3 is 2.47 bits per heavy atom. The molecule has 1 aromatic carbocycles. The molecule has 1 aliphatic heterocycles. The Kier molecular flexibility index (Phi) is 9.06. The number of morpholine rings is 1. The van der Waals surface area contributed by atoms with Gasteiger partial charge in [-0.2, -0.15) is 5.26 Å². The number of benzene rings is 1. The molecule has 0 radical (unpaired) electrons. The van der Waals surface area contributed by atoms with Crippen LogP contribution in [0.2, 0.25) is 0 Å². The van der Waals surface area contributed by atoms with E-state index in [1.54, 1.807) is 0 Å². The van der Waals surface area contributed by atoms with Crippen LogP contribution in [0.5, 0.6) is 0 Å². The maximum Gasteiger partial charge on any atom is 0.259 e. The summed E-state index contributed by atoms with van der Waals surface area (Å²) in [5.74, 6) is -0.736. The van der Waals surface area contributed by atoms with Crippen LogP contribution in [-0.2, 0) is 16.6 Å². The number of ether oxygens (including phenoxy) is 1. The molecule has 1 aromatic heterocycles. The summed E-state index contributed by atoms with van der Waals surface area (Å²) in [6, 6.07) is 11.8. The molecule has 2 heterocycles. The summed E-state index contributed by atoms with van der Waals surface area (Å²) in [6.45, 7) is 13.5. The highest BCUT2D eigenvalue weighted by atomic mass is 16.5. The zero-order chi connectivity index (χ0) is 23.7. The number of primary amides is 1. The van der Waals surface area contributed by atoms with Crippen molar-refractivity contribution in [2.75, 3.05) is 26.3 Å². The number of carbonyl (C=O) groups excluding carboxylic acids is 1. The molecule has 6 heteroatoms. The van der Waals surface area contributed by atoms with Crippen molar-refractivity contribution in [3.8, 4) is 17.3 Å². The summed E-state index contributed by atoms with van der Waals surface area (Å²) in [5, 5.41) is 11.1. The van der Waals surface area contributed by atoms with Crippen molar-refractivity contribution in [2.45, 2.75) is 20.8 Å². The van der Waals surface area contributed by atoms with Crippen molar-refractivity contribution < 1.29 is 9.53 Å². The maximum absolute atomic E-state index is 11.3. The number of hydrogen-bond acceptors (Lipinski definition) is 4. The Morgan fingerprint density at radius 2 is 1.91 bits per heavy atom. The van der Waals surface area contributed by atoms with Gasteiger partial charge in [-0.3, -0.25) is 4.79 Å². The number of nitrogens with zero attached hydrogens (tertiary/aromatic N) is 3. The van der Waals surface area contributed by atoms with Gasteiger partial charge >= 0.3 is 0 Å². The van der Waals surface area contributed by atoms with Gasteiger partial charge in [0.05, 0.1) is 13.2 Å². The number of aromatic nitrogens is 1. The van der Waals surface area contributed by atoms with E-state index in [0.717, 1.165) is 59.4 Å². The highest BCUT2D eigenvalue weighted by molar-refractivity contribution is 6.00. The van der Waals surface area contributed by atoms with Crippen molar-refractivity contribution in [3.63, 3.8) is 0 Å². The molecule has 1 aliphatic rings. The Morgan fingerprint density at radius 1 is 1.22 bits per heavy atom. The molecule has 0 aliphatic carbocycles. The largest absolute Gasteiger partial charge is 0.378 e. The third kappa shape index (κ3) is 5.77. The van der Waals surface area contributed by atoms with Gasteiger partial charge in [0.1, 0.15) is 11.6 Å². The summed E-state index contributed by atoms with van der Waals surface area (Å²) >= 11 is 0. The predicted molar refractivity (Wildman–Crippen MR) is 130 cm³/mol. The fourth-order valence-electron chi connectivity index (χ4n) is 3.51. The molecule has 0 unspecified atom stereocenters. The van der Waals surface area contributed by atoms with Crippen LogP contribution in [0.3, 0.4) is 0 Å². The average Bonchev–Trinajstić information content (AvgIpc) is 3.18. The minimum absolute atomic E-state index is 0.0764. The standard InChI is InChI=1S/C24H26N4O2.C2H6/c1-4-21(28-9-11-30-12-10-28)14-18-5-6-19(13-17(18)2)23-8-7-22(27(23)3)15-20(16-25)24(26)29;1-2/h4-8,13-15H,2,9-12H2,1,3H3,(H2,26,29);1-2H3/b18-14-,20-15+,21-4+;. The fourth-order valence-corrected chi connectivity index (χ4v) is 3.51. The first-order valence-electron chi connectivity index (χ1n) is 10.8. The van der Waals surface area contributed by atoms with E-state index in [2.05, 4.69) is 35.8 Å². The highest BCUT2D eigenvalue weighted by Crippen LogP contribution is 2.21. The molecule has 0 spiro atoms. The first kappa shape index (κ1) is 24.7. The normalized spacial score (nSPS) is 15.1. The average molecular weight is 433 g/mol. The number of amides is 1. The lowest BCUT2D eigenvalue weighted by Gasteiger charge is -2.29. The second kappa shape index (κ2) is 11.7. The predicted octanol–water partition coefficient (Wildman–Crippen LogP) is 2.54. The third-order valence-electron chi connectivity index (χ3n) is 5.25. The van der Waals surface area contributed by atoms with E-state index in [1.807, 2.05) is 56.7 Å². The van der Waals surface area contributed by atoms with Gasteiger partial charge in [-0.05, 0) is 53.3 Å². The van der Waals surface area contributed by atoms with E-state index in [1.165, 1.54) is 6.08 Å². The SMILES string of the molecule is C=c1cc(-c2ccc(/C=C(\C#N)C(N)=O)n2C)cc/c1=C/C(=C\C)N1CCOCC1.CC. The topological polar surface area (TPSA) is 84.3 Å². The lowest BCUT2D eigenvalue weighted by Crippen LogP contribution is -2.36. The number of carbonyl (C=O) groups is 1. The van der Waals surface area contributed by atoms with Crippen LogP contribution >= 0.6 is 0 Å². The summed E-state index contributed by atoms with van der Waals surface area (Å²) in [5.41, 5.74) is 9.02. The van der Waals surface area contributed by atoms with Gasteiger partial charge in [0.15, 0.2) is 0 Å². The minimum atomic E-state index is -0.736. The summed E-state index contributed by atoms with van der Waals surface area (Å²) in [7, 11) is 1.89. The molecule has 32 heavy (non-hydrogen) atoms. The molecule has 0 saturated carbocycles. The van der Waals surface area contributed by atoms with Crippen LogP contribution in [0.15, 0.2) is 47.7 Å². The molecule has 6 nitrogen and oxygen atoms in total. The fraction of sp³-hybridized carbons (Fsp3) is 0.308. The van der Waals surface area contributed by atoms with Crippen LogP contribution in [0.4, 0.5) is 0 Å². The van der Waals surface area contributed by atoms with Gasteiger partial charge in [-0.1, -0.05) is 38.6 Å². The molecule has 1 saturated heterocycles. The quantitative estimate of drug-likeness (QED) is 0.581. The van der Waals surface area contributed by atoms with Crippen molar-refractivity contribution in [3.05, 3.63) is 63.8 Å². The Bertz CT molecular complexity index is 1160. The van der Waals surface area contributed by atoms with E-state index < -0.39 is 5.91 Å². The first-order chi connectivity index (χ1) is 15.4. The lowest BCUT2D eigenvalue weighted by molar-refractivity contribution is -0.114. The van der Waals surface area contributed by atoms with Crippen LogP contribution < -0.4 is 16.2 Å². The van der Waals surface area contributed by atoms with Crippen LogP contribution in [0.25, 0.3) is 30.0 Å². The minimum Gasteiger partial charge on any atom is -0.378 e. The Labute approximate surface area is 190 Å². The Balaban J connectivity index is 0.00000176. The van der Waals surface area contributed by atoms with E-state index in [4.69, 9.17) is 15.7 Å². The highest BCUT2D eigenvalue weighted by Gasteiger charge is 2.12. The van der Waals surface area contributed by atoms with Crippen molar-refractivity contribution in [1.29, 1.82) is 5.26 Å². The van der Waals surface area contributed by atoms with Crippen molar-refractivity contribution >= 4 is 24.6 Å². The number of nitrogens with two attached hydrogens (primary N) is 1. The van der Waals surface area contributed by atoms with Crippen LogP contribution in [0.1, 0.15) is 26.5 Å². The molecular formula is C26H32N4O2. The van der Waals surface area contributed by atoms with Gasteiger partial charge in [0.2, 0.25) is 0 Å². The summed E-state index contributed by atoms with van der Waals surface area (Å²) < 4.78 is 7.37. The van der Waals surface area contributed by atoms with E-state index in [9.17, 15) is 4.79 Å². The second-order valence-electron chi connectivity index (χ2n) is 7.11. The van der Waals surface area contributed by atoms with E-state index >= 15 is 0 Å². The van der Waals surface area contributed by atoms with Gasteiger partial charge in [-0.15, -0.1) is 0 Å². The summed E-state index contributed by atoms with van der Waals surface area (Å²) in [6.07, 6.45) is 5.77. The number of rotatable bonds is 5. The number of allylic oxidation sites excluding steroid dienone is 2. The molecular weight excluding hydrogens is 400 g/mol. The molecule has 2 aromatic rings. The first-order valence-corrected chi connectivity index (χ1v) is 10.8. The number of hydrogen-bond donors (Lipinski definition) is 1. The molecule has 168 valence electrons. The molecule has 0 bridgehead atoms. The monoisotopic (exact) mass is 432 g/mol. The molecule has 1 amide bonds. The van der Waals surface area contributed by atoms with Crippen LogP contribution in [0, 0.1) is 11.3 Å². The molecule has 1 fully saturated rings. The molecule has 3 rings (SSSR count). The van der Waals surface area contributed by atoms with Gasteiger partial charge in [-0.25, -0.2) is 0 Å². The molecule has 2 N–H and O–H groups in total. The van der Waals surface area contributed by atoms with Gasteiger partial charge in [0, 0.05) is 37.2 Å². The maximum atomic E-state index is 11.3. The van der Waals surface area contributed by atoms with Crippen molar-refractivity contribution in [1.82, 2.24) is 9.47 Å². The van der Waals surface area contributed by atoms with E-state index in [-0.39, 0.29) is 5.57 Å². The lowest BCUT2D eigenvalue weighted by atomic mass is 10.1. The van der Waals surface area contributed by atoms with E-state index in [0.29, 0.717) is 0 Å². The molecule has 0 atom stereocenters. The second-order valence-corrected chi connectivity index (χ2v) is 7.11. The zero-order valence-electron chi connectivity index (χ0n) is 19.4. The van der Waals surface area contributed by atoms with Crippen molar-refractivity contribution in [2.24, 2.45) is 12.8 Å². The smallest absolute Gasteiger partial charge is 0.259 e. The third-order valence-corrected chi connectivity index (χ3v) is 5.25.